The van der Waals surface area contributed by atoms with Crippen LogP contribution in [0.1, 0.15) is 18.9 Å². The molecule has 188 valence electrons. The molecule has 2 aliphatic rings. The first-order valence-electron chi connectivity index (χ1n) is 11.0. The highest BCUT2D eigenvalue weighted by Crippen LogP contribution is 2.32. The Morgan fingerprint density at radius 1 is 1.08 bits per heavy atom. The van der Waals surface area contributed by atoms with E-state index in [1.54, 1.807) is 18.2 Å². The van der Waals surface area contributed by atoms with Crippen LogP contribution in [0.4, 0.5) is 0 Å². The van der Waals surface area contributed by atoms with E-state index in [4.69, 9.17) is 19.6 Å². The summed E-state index contributed by atoms with van der Waals surface area (Å²) in [5.74, 6) is 0.739. The lowest BCUT2D eigenvalue weighted by Crippen LogP contribution is -2.35. The molecule has 2 aromatic rings. The number of amides is 1. The number of thioether (sulfide) groups is 1. The largest absolute Gasteiger partial charge is 0.493 e. The number of rotatable bonds is 9. The molecule has 0 unspecified atom stereocenters. The van der Waals surface area contributed by atoms with Gasteiger partial charge in [-0.05, 0) is 47.7 Å². The van der Waals surface area contributed by atoms with E-state index in [1.165, 1.54) is 20.1 Å². The molecule has 0 radical (unpaired) electrons. The van der Waals surface area contributed by atoms with E-state index in [0.717, 1.165) is 22.5 Å². The van der Waals surface area contributed by atoms with Crippen LogP contribution in [-0.4, -0.2) is 60.8 Å². The van der Waals surface area contributed by atoms with Gasteiger partial charge in [0.2, 0.25) is 19.4 Å². The van der Waals surface area contributed by atoms with Gasteiger partial charge in [-0.3, -0.25) is 10.2 Å². The number of carbonyl (C=O) groups is 1. The number of amidine groups is 2. The van der Waals surface area contributed by atoms with E-state index in [2.05, 4.69) is 10.1 Å². The Bertz CT molecular complexity index is 1370. The normalized spacial score (nSPS) is 16.5. The summed E-state index contributed by atoms with van der Waals surface area (Å²) in [5.41, 5.74) is 0.558. The number of hydrogen-bond acceptors (Lipinski definition) is 9. The van der Waals surface area contributed by atoms with Crippen LogP contribution in [0.15, 0.2) is 64.2 Å². The Balaban J connectivity index is 1.43. The molecular weight excluding hydrogens is 504 g/mol. The van der Waals surface area contributed by atoms with Gasteiger partial charge in [-0.25, -0.2) is 8.42 Å². The van der Waals surface area contributed by atoms with Crippen molar-refractivity contribution in [2.45, 2.75) is 13.3 Å². The summed E-state index contributed by atoms with van der Waals surface area (Å²) in [7, 11) is -2.08. The Kier molecular flexibility index (Phi) is 7.75. The lowest BCUT2D eigenvalue weighted by Gasteiger charge is -2.20. The van der Waals surface area contributed by atoms with Crippen molar-refractivity contribution in [1.82, 2.24) is 5.01 Å². The molecule has 0 saturated heterocycles. The van der Waals surface area contributed by atoms with Gasteiger partial charge in [-0.15, -0.1) is 5.10 Å². The number of fused-ring (bicyclic) bond motifs is 1. The van der Waals surface area contributed by atoms with Crippen LogP contribution >= 0.6 is 11.8 Å². The Labute approximate surface area is 213 Å². The van der Waals surface area contributed by atoms with Gasteiger partial charge in [-0.2, -0.15) is 10.0 Å². The molecule has 0 aliphatic carbocycles. The maximum atomic E-state index is 12.6. The molecule has 2 aliphatic heterocycles. The summed E-state index contributed by atoms with van der Waals surface area (Å²) in [6.07, 6.45) is 2.15. The minimum absolute atomic E-state index is 0.0213. The van der Waals surface area contributed by atoms with Gasteiger partial charge >= 0.3 is 0 Å². The second-order valence-electron chi connectivity index (χ2n) is 7.56. The maximum absolute atomic E-state index is 12.6. The zero-order valence-electron chi connectivity index (χ0n) is 19.6. The smallest absolute Gasteiger partial charge is 0.283 e. The van der Waals surface area contributed by atoms with E-state index in [9.17, 15) is 13.2 Å². The number of carbonyl (C=O) groups excluding carboxylic acids is 1. The Morgan fingerprint density at radius 2 is 1.83 bits per heavy atom. The van der Waals surface area contributed by atoms with Crippen LogP contribution in [0.3, 0.4) is 0 Å². The number of aliphatic imine (C=N–C) groups is 1. The number of hydrazone groups is 1. The molecule has 4 rings (SSSR count). The molecule has 0 saturated carbocycles. The zero-order chi connectivity index (χ0) is 25.7. The van der Waals surface area contributed by atoms with E-state index < -0.39 is 15.7 Å². The third-order valence-electron chi connectivity index (χ3n) is 5.14. The fraction of sp³-hybridized carbons (Fsp3) is 0.250. The van der Waals surface area contributed by atoms with Gasteiger partial charge < -0.3 is 14.2 Å². The standard InChI is InChI=1S/C24H24N4O6S2/c1-3-36(30,31)24-27-28-21(25)18(22(29)26-23(28)35-24)14-16-10-11-19(20(15-16)32-2)34-13-7-12-33-17-8-5-4-6-9-17/h4-6,8-11,14-15,25H,3,7,12-13H2,1-2H3/b18-14+,25-21?. The van der Waals surface area contributed by atoms with Crippen molar-refractivity contribution in [1.29, 1.82) is 5.41 Å². The van der Waals surface area contributed by atoms with Crippen molar-refractivity contribution in [3.63, 3.8) is 0 Å². The average Bonchev–Trinajstić information content (AvgIpc) is 3.32. The van der Waals surface area contributed by atoms with Gasteiger partial charge in [0.05, 0.1) is 31.6 Å². The molecule has 0 atom stereocenters. The predicted octanol–water partition coefficient (Wildman–Crippen LogP) is 3.55. The SMILES string of the molecule is CCS(=O)(=O)C1=NN2C(=N)/C(=C\c3ccc(OCCCOc4ccccc4)c(OC)c3)C(=O)N=C2S1. The molecule has 0 bridgehead atoms. The van der Waals surface area contributed by atoms with Crippen molar-refractivity contribution in [3.05, 3.63) is 59.7 Å². The number of ether oxygens (including phenoxy) is 3. The molecule has 0 aromatic heterocycles. The van der Waals surface area contributed by atoms with E-state index in [1.807, 2.05) is 30.3 Å². The van der Waals surface area contributed by atoms with E-state index in [-0.39, 0.29) is 26.7 Å². The zero-order valence-corrected chi connectivity index (χ0v) is 21.3. The lowest BCUT2D eigenvalue weighted by atomic mass is 10.1. The summed E-state index contributed by atoms with van der Waals surface area (Å²) >= 11 is 0.763. The van der Waals surface area contributed by atoms with Gasteiger partial charge in [-0.1, -0.05) is 31.2 Å². The third-order valence-corrected chi connectivity index (χ3v) is 8.23. The quantitative estimate of drug-likeness (QED) is 0.386. The molecule has 2 aromatic carbocycles. The molecule has 0 spiro atoms. The second kappa shape index (κ2) is 11.0. The van der Waals surface area contributed by atoms with E-state index in [0.29, 0.717) is 36.7 Å². The summed E-state index contributed by atoms with van der Waals surface area (Å²) in [4.78, 5) is 16.5. The highest BCUT2D eigenvalue weighted by molar-refractivity contribution is 8.42. The molecule has 12 heteroatoms. The van der Waals surface area contributed by atoms with Crippen molar-refractivity contribution in [2.24, 2.45) is 10.1 Å². The van der Waals surface area contributed by atoms with E-state index >= 15 is 0 Å². The van der Waals surface area contributed by atoms with Crippen LogP contribution in [0.25, 0.3) is 6.08 Å². The number of para-hydroxylation sites is 1. The number of methoxy groups -OCH3 is 1. The van der Waals surface area contributed by atoms with Crippen molar-refractivity contribution >= 4 is 49.0 Å². The third kappa shape index (κ3) is 5.60. The van der Waals surface area contributed by atoms with Crippen molar-refractivity contribution < 1.29 is 27.4 Å². The van der Waals surface area contributed by atoms with Gasteiger partial charge in [0.25, 0.3) is 5.91 Å². The fourth-order valence-electron chi connectivity index (χ4n) is 3.23. The lowest BCUT2D eigenvalue weighted by molar-refractivity contribution is -0.114. The number of sulfone groups is 1. The molecule has 1 amide bonds. The number of nitrogens with zero attached hydrogens (tertiary/aromatic N) is 3. The maximum Gasteiger partial charge on any atom is 0.283 e. The predicted molar refractivity (Wildman–Crippen MR) is 140 cm³/mol. The monoisotopic (exact) mass is 528 g/mol. The first-order chi connectivity index (χ1) is 17.3. The molecular formula is C24H24N4O6S2. The first-order valence-corrected chi connectivity index (χ1v) is 13.5. The first kappa shape index (κ1) is 25.5. The summed E-state index contributed by atoms with van der Waals surface area (Å²) in [6, 6.07) is 14.6. The van der Waals surface area contributed by atoms with Crippen LogP contribution < -0.4 is 14.2 Å². The molecule has 1 N–H and O–H groups in total. The average molecular weight is 529 g/mol. The molecule has 2 heterocycles. The second-order valence-corrected chi connectivity index (χ2v) is 11.0. The van der Waals surface area contributed by atoms with Gasteiger partial charge in [0.15, 0.2) is 17.3 Å². The van der Waals surface area contributed by atoms with Crippen molar-refractivity contribution in [2.75, 3.05) is 26.1 Å². The Morgan fingerprint density at radius 3 is 2.56 bits per heavy atom. The minimum Gasteiger partial charge on any atom is -0.493 e. The van der Waals surface area contributed by atoms with Crippen molar-refractivity contribution in [3.8, 4) is 17.2 Å². The van der Waals surface area contributed by atoms with Crippen LogP contribution in [0, 0.1) is 5.41 Å². The summed E-state index contributed by atoms with van der Waals surface area (Å²) < 4.78 is 41.0. The number of nitrogens with one attached hydrogen (secondary N) is 1. The minimum atomic E-state index is -3.59. The topological polar surface area (TPSA) is 131 Å². The van der Waals surface area contributed by atoms with Gasteiger partial charge in [0.1, 0.15) is 5.75 Å². The van der Waals surface area contributed by atoms with Gasteiger partial charge in [0, 0.05) is 6.42 Å². The molecule has 10 nitrogen and oxygen atoms in total. The number of hydrogen-bond donors (Lipinski definition) is 1. The molecule has 36 heavy (non-hydrogen) atoms. The number of benzene rings is 2. The Hall–Kier alpha value is -3.64. The molecule has 0 fully saturated rings. The highest BCUT2D eigenvalue weighted by Gasteiger charge is 2.39. The summed E-state index contributed by atoms with van der Waals surface area (Å²) in [5, 5.41) is 13.5. The highest BCUT2D eigenvalue weighted by atomic mass is 32.3. The van der Waals surface area contributed by atoms with Crippen LogP contribution in [0.2, 0.25) is 0 Å². The fourth-order valence-corrected chi connectivity index (χ4v) is 5.40. The summed E-state index contributed by atoms with van der Waals surface area (Å²) in [6.45, 7) is 2.41. The van der Waals surface area contributed by atoms with Crippen LogP contribution in [0.5, 0.6) is 17.2 Å². The van der Waals surface area contributed by atoms with Crippen LogP contribution in [-0.2, 0) is 14.6 Å².